The van der Waals surface area contributed by atoms with Crippen LogP contribution in [0.4, 0.5) is 5.13 Å². The zero-order chi connectivity index (χ0) is 20.6. The van der Waals surface area contributed by atoms with E-state index in [2.05, 4.69) is 36.4 Å². The topological polar surface area (TPSA) is 109 Å². The number of nitrogens with zero attached hydrogens (tertiary/aromatic N) is 5. The number of hydrogen-bond donors (Lipinski definition) is 2. The summed E-state index contributed by atoms with van der Waals surface area (Å²) in [6.45, 7) is 6.04. The molecule has 0 bridgehead atoms. The van der Waals surface area contributed by atoms with Crippen molar-refractivity contribution in [2.24, 2.45) is 10.7 Å². The van der Waals surface area contributed by atoms with Crippen molar-refractivity contribution in [3.8, 4) is 5.75 Å². The summed E-state index contributed by atoms with van der Waals surface area (Å²) in [5.74, 6) is 1.90. The van der Waals surface area contributed by atoms with Gasteiger partial charge < -0.3 is 25.6 Å². The standard InChI is InChI=1S/C19H27N7O2S/c1-3-17-23-19(29-24-17)26-9-7-25(8-10-26)18(21-2)22-12-14-5-4-6-15(11-14)28-13-16(20)27/h4-6,11H,3,7-10,12-13H2,1-2H3,(H2,20,27)(H,21,22). The van der Waals surface area contributed by atoms with E-state index in [1.807, 2.05) is 18.2 Å². The molecule has 1 aromatic heterocycles. The van der Waals surface area contributed by atoms with Gasteiger partial charge in [-0.1, -0.05) is 19.1 Å². The lowest BCUT2D eigenvalue weighted by Crippen LogP contribution is -2.52. The lowest BCUT2D eigenvalue weighted by molar-refractivity contribution is -0.119. The molecule has 0 saturated carbocycles. The van der Waals surface area contributed by atoms with Crippen molar-refractivity contribution in [2.45, 2.75) is 19.9 Å². The molecule has 1 fully saturated rings. The molecule has 0 spiro atoms. The van der Waals surface area contributed by atoms with Gasteiger partial charge in [0.15, 0.2) is 12.6 Å². The largest absolute Gasteiger partial charge is 0.484 e. The molecule has 1 aliphatic rings. The number of anilines is 1. The molecule has 1 aliphatic heterocycles. The first-order valence-corrected chi connectivity index (χ1v) is 10.4. The molecule has 2 aromatic rings. The smallest absolute Gasteiger partial charge is 0.255 e. The summed E-state index contributed by atoms with van der Waals surface area (Å²) < 4.78 is 9.74. The number of piperazine rings is 1. The average molecular weight is 418 g/mol. The van der Waals surface area contributed by atoms with Crippen molar-refractivity contribution in [3.63, 3.8) is 0 Å². The van der Waals surface area contributed by atoms with Gasteiger partial charge in [0.25, 0.3) is 5.91 Å². The predicted molar refractivity (Wildman–Crippen MR) is 114 cm³/mol. The fourth-order valence-corrected chi connectivity index (χ4v) is 3.84. The molecule has 0 atom stereocenters. The summed E-state index contributed by atoms with van der Waals surface area (Å²) in [6, 6.07) is 7.58. The van der Waals surface area contributed by atoms with Crippen LogP contribution in [0, 0.1) is 0 Å². The summed E-state index contributed by atoms with van der Waals surface area (Å²) in [5, 5.41) is 4.40. The number of carbonyl (C=O) groups is 1. The minimum atomic E-state index is -0.493. The van der Waals surface area contributed by atoms with E-state index in [-0.39, 0.29) is 6.61 Å². The van der Waals surface area contributed by atoms with E-state index in [4.69, 9.17) is 10.5 Å². The molecule has 2 heterocycles. The van der Waals surface area contributed by atoms with Gasteiger partial charge >= 0.3 is 0 Å². The van der Waals surface area contributed by atoms with Crippen LogP contribution in [-0.4, -0.2) is 66.0 Å². The normalized spacial score (nSPS) is 14.8. The first-order valence-electron chi connectivity index (χ1n) is 9.62. The Morgan fingerprint density at radius 3 is 2.79 bits per heavy atom. The number of ether oxygens (including phenoxy) is 1. The van der Waals surface area contributed by atoms with Crippen LogP contribution in [0.15, 0.2) is 29.3 Å². The van der Waals surface area contributed by atoms with Gasteiger partial charge in [-0.25, -0.2) is 4.98 Å². The Labute approximate surface area is 174 Å². The number of aliphatic imine (C=N–C) groups is 1. The monoisotopic (exact) mass is 417 g/mol. The van der Waals surface area contributed by atoms with Gasteiger partial charge in [-0.3, -0.25) is 9.79 Å². The van der Waals surface area contributed by atoms with Crippen molar-refractivity contribution in [1.82, 2.24) is 19.6 Å². The molecule has 0 aliphatic carbocycles. The van der Waals surface area contributed by atoms with Crippen molar-refractivity contribution in [2.75, 3.05) is 44.7 Å². The summed E-state index contributed by atoms with van der Waals surface area (Å²) in [6.07, 6.45) is 0.863. The Kier molecular flexibility index (Phi) is 7.23. The first kappa shape index (κ1) is 20.8. The minimum Gasteiger partial charge on any atom is -0.484 e. The maximum absolute atomic E-state index is 10.9. The van der Waals surface area contributed by atoms with Crippen LogP contribution in [0.2, 0.25) is 0 Å². The lowest BCUT2D eigenvalue weighted by atomic mass is 10.2. The average Bonchev–Trinajstić information content (AvgIpc) is 3.23. The highest BCUT2D eigenvalue weighted by Crippen LogP contribution is 2.19. The highest BCUT2D eigenvalue weighted by atomic mass is 32.1. The highest BCUT2D eigenvalue weighted by Gasteiger charge is 2.22. The third kappa shape index (κ3) is 5.80. The van der Waals surface area contributed by atoms with Gasteiger partial charge in [0.2, 0.25) is 5.13 Å². The molecule has 156 valence electrons. The quantitative estimate of drug-likeness (QED) is 0.508. The van der Waals surface area contributed by atoms with Gasteiger partial charge in [-0.15, -0.1) is 0 Å². The van der Waals surface area contributed by atoms with Crippen LogP contribution < -0.4 is 20.7 Å². The second-order valence-electron chi connectivity index (χ2n) is 6.62. The number of guanidine groups is 1. The molecule has 9 nitrogen and oxygen atoms in total. The lowest BCUT2D eigenvalue weighted by Gasteiger charge is -2.36. The van der Waals surface area contributed by atoms with Gasteiger partial charge in [-0.05, 0) is 17.7 Å². The van der Waals surface area contributed by atoms with Crippen LogP contribution in [0.1, 0.15) is 18.3 Å². The number of rotatable bonds is 7. The fraction of sp³-hybridized carbons (Fsp3) is 0.474. The summed E-state index contributed by atoms with van der Waals surface area (Å²) in [5.41, 5.74) is 6.16. The molecule has 1 aromatic carbocycles. The minimum absolute atomic E-state index is 0.128. The van der Waals surface area contributed by atoms with E-state index in [0.29, 0.717) is 12.3 Å². The molecule has 0 radical (unpaired) electrons. The van der Waals surface area contributed by atoms with Gasteiger partial charge in [0.05, 0.1) is 0 Å². The van der Waals surface area contributed by atoms with Gasteiger partial charge in [0, 0.05) is 57.7 Å². The number of primary amides is 1. The van der Waals surface area contributed by atoms with E-state index in [1.54, 1.807) is 13.1 Å². The number of hydrogen-bond acceptors (Lipinski definition) is 7. The van der Waals surface area contributed by atoms with Crippen LogP contribution in [0.5, 0.6) is 5.75 Å². The van der Waals surface area contributed by atoms with E-state index in [9.17, 15) is 4.79 Å². The van der Waals surface area contributed by atoms with Crippen molar-refractivity contribution in [3.05, 3.63) is 35.7 Å². The zero-order valence-corrected chi connectivity index (χ0v) is 17.6. The summed E-state index contributed by atoms with van der Waals surface area (Å²) in [4.78, 5) is 24.4. The third-order valence-electron chi connectivity index (χ3n) is 4.57. The van der Waals surface area contributed by atoms with E-state index >= 15 is 0 Å². The molecule has 0 unspecified atom stereocenters. The molecule has 3 N–H and O–H groups in total. The molecular weight excluding hydrogens is 390 g/mol. The highest BCUT2D eigenvalue weighted by molar-refractivity contribution is 7.09. The molecule has 1 saturated heterocycles. The Hall–Kier alpha value is -2.88. The fourth-order valence-electron chi connectivity index (χ4n) is 3.04. The number of nitrogens with one attached hydrogen (secondary N) is 1. The zero-order valence-electron chi connectivity index (χ0n) is 16.8. The van der Waals surface area contributed by atoms with Crippen molar-refractivity contribution >= 4 is 28.5 Å². The Balaban J connectivity index is 1.51. The van der Waals surface area contributed by atoms with Crippen LogP contribution in [0.3, 0.4) is 0 Å². The Morgan fingerprint density at radius 1 is 1.34 bits per heavy atom. The number of carbonyl (C=O) groups excluding carboxylic acids is 1. The molecule has 1 amide bonds. The maximum atomic E-state index is 10.9. The third-order valence-corrected chi connectivity index (χ3v) is 5.38. The molecular formula is C19H27N7O2S. The van der Waals surface area contributed by atoms with Gasteiger partial charge in [0.1, 0.15) is 11.6 Å². The number of aromatic nitrogens is 2. The van der Waals surface area contributed by atoms with Crippen LogP contribution >= 0.6 is 11.5 Å². The number of aryl methyl sites for hydroxylation is 1. The molecule has 10 heteroatoms. The van der Waals surface area contributed by atoms with Gasteiger partial charge in [-0.2, -0.15) is 4.37 Å². The number of benzene rings is 1. The summed E-state index contributed by atoms with van der Waals surface area (Å²) >= 11 is 1.47. The number of nitrogens with two attached hydrogens (primary N) is 1. The molecule has 29 heavy (non-hydrogen) atoms. The summed E-state index contributed by atoms with van der Waals surface area (Å²) in [7, 11) is 1.79. The predicted octanol–water partition coefficient (Wildman–Crippen LogP) is 0.862. The molecule has 3 rings (SSSR count). The second-order valence-corrected chi connectivity index (χ2v) is 7.35. The number of amides is 1. The van der Waals surface area contributed by atoms with E-state index < -0.39 is 5.91 Å². The van der Waals surface area contributed by atoms with Crippen LogP contribution in [-0.2, 0) is 17.8 Å². The van der Waals surface area contributed by atoms with Crippen molar-refractivity contribution in [1.29, 1.82) is 0 Å². The van der Waals surface area contributed by atoms with Crippen molar-refractivity contribution < 1.29 is 9.53 Å². The maximum Gasteiger partial charge on any atom is 0.255 e. The Morgan fingerprint density at radius 2 is 2.14 bits per heavy atom. The SMILES string of the molecule is CCc1nsc(N2CCN(C(=NC)NCc3cccc(OCC(N)=O)c3)CC2)n1. The first-order chi connectivity index (χ1) is 14.1. The van der Waals surface area contributed by atoms with Crippen LogP contribution in [0.25, 0.3) is 0 Å². The van der Waals surface area contributed by atoms with E-state index in [0.717, 1.165) is 55.1 Å². The Bertz CT molecular complexity index is 847. The van der Waals surface area contributed by atoms with E-state index in [1.165, 1.54) is 11.5 Å². The second kappa shape index (κ2) is 10.1.